The van der Waals surface area contributed by atoms with Crippen molar-refractivity contribution in [2.24, 2.45) is 11.8 Å². The fourth-order valence-corrected chi connectivity index (χ4v) is 6.73. The first-order valence-electron chi connectivity index (χ1n) is 15.6. The topological polar surface area (TPSA) is 236 Å². The fraction of sp³-hybridized carbons (Fsp3) is 0.625. The van der Waals surface area contributed by atoms with E-state index >= 15 is 0 Å². The molecular weight excluding hydrogens is 640 g/mol. The van der Waals surface area contributed by atoms with Crippen molar-refractivity contribution >= 4 is 0 Å². The number of methoxy groups -OCH3 is 2. The van der Waals surface area contributed by atoms with Gasteiger partial charge in [-0.3, -0.25) is 0 Å². The molecule has 2 aromatic rings. The normalized spacial score (nSPS) is 39.5. The molecule has 48 heavy (non-hydrogen) atoms. The van der Waals surface area contributed by atoms with E-state index in [0.717, 1.165) is 11.1 Å². The molecule has 0 unspecified atom stereocenters. The summed E-state index contributed by atoms with van der Waals surface area (Å²) in [4.78, 5) is 0. The molecule has 0 aliphatic carbocycles. The molecule has 16 heteroatoms. The lowest BCUT2D eigenvalue weighted by molar-refractivity contribution is -0.277. The lowest BCUT2D eigenvalue weighted by Crippen LogP contribution is -2.60. The van der Waals surface area contributed by atoms with Crippen LogP contribution in [0.3, 0.4) is 0 Å². The zero-order valence-electron chi connectivity index (χ0n) is 26.2. The summed E-state index contributed by atoms with van der Waals surface area (Å²) in [6.07, 6.45) is -15.0. The van der Waals surface area contributed by atoms with Crippen LogP contribution in [0.15, 0.2) is 36.4 Å². The van der Waals surface area contributed by atoms with Gasteiger partial charge in [-0.25, -0.2) is 0 Å². The van der Waals surface area contributed by atoms with Crippen LogP contribution < -0.4 is 18.9 Å². The second kappa shape index (κ2) is 14.6. The minimum atomic E-state index is -1.59. The Kier molecular flexibility index (Phi) is 10.6. The van der Waals surface area contributed by atoms with E-state index in [0.29, 0.717) is 24.7 Å². The van der Waals surface area contributed by atoms with Gasteiger partial charge in [-0.05, 0) is 35.4 Å². The van der Waals surface area contributed by atoms with Crippen LogP contribution in [0.4, 0.5) is 0 Å². The Morgan fingerprint density at radius 3 is 1.31 bits per heavy atom. The van der Waals surface area contributed by atoms with Gasteiger partial charge in [-0.2, -0.15) is 0 Å². The molecular formula is C32H42O16. The van der Waals surface area contributed by atoms with Gasteiger partial charge in [-0.1, -0.05) is 12.1 Å². The lowest BCUT2D eigenvalue weighted by atomic mass is 9.85. The number of fused-ring (bicyclic) bond motifs is 1. The smallest absolute Gasteiger partial charge is 0.229 e. The molecule has 14 atom stereocenters. The quantitative estimate of drug-likeness (QED) is 0.137. The molecule has 0 saturated carbocycles. The molecule has 16 nitrogen and oxygen atoms in total. The van der Waals surface area contributed by atoms with Crippen LogP contribution in [0.2, 0.25) is 0 Å². The first-order chi connectivity index (χ1) is 23.1. The van der Waals surface area contributed by atoms with Crippen molar-refractivity contribution in [2.75, 3.05) is 40.6 Å². The number of ether oxygens (including phenoxy) is 8. The summed E-state index contributed by atoms with van der Waals surface area (Å²) in [6.45, 7) is -0.371. The van der Waals surface area contributed by atoms with E-state index in [2.05, 4.69) is 0 Å². The predicted octanol–water partition coefficient (Wildman–Crippen LogP) is -1.86. The standard InChI is InChI=1S/C32H42O16/c1-41-19-7-13(3-5-17(19)45-31-27(39)25(37)23(35)21(9-33)47-31)29-15-11-44-30(16(15)12-43-29)14-4-6-18(20(8-14)42-2)46-32-28(40)26(38)24(36)22(10-34)48-32/h3-8,15-16,21-40H,9-12H2,1-2H3/t15-,16-,21-,22-,23+,24+,25+,26+,27-,28-,29+,30+,31-,32-/m1/s1. The second-order valence-corrected chi connectivity index (χ2v) is 12.3. The number of rotatable bonds is 10. The summed E-state index contributed by atoms with van der Waals surface area (Å²) >= 11 is 0. The van der Waals surface area contributed by atoms with Crippen molar-refractivity contribution in [1.82, 2.24) is 0 Å². The van der Waals surface area contributed by atoms with E-state index in [1.54, 1.807) is 36.4 Å². The molecule has 2 aromatic carbocycles. The maximum absolute atomic E-state index is 10.4. The van der Waals surface area contributed by atoms with E-state index in [1.165, 1.54) is 14.2 Å². The van der Waals surface area contributed by atoms with Crippen LogP contribution in [0, 0.1) is 11.8 Å². The summed E-state index contributed by atoms with van der Waals surface area (Å²) in [7, 11) is 2.90. The third kappa shape index (κ3) is 6.44. The molecule has 0 aromatic heterocycles. The molecule has 0 spiro atoms. The molecule has 266 valence electrons. The Bertz CT molecular complexity index is 1290. The van der Waals surface area contributed by atoms with Crippen LogP contribution in [-0.4, -0.2) is 143 Å². The van der Waals surface area contributed by atoms with E-state index in [4.69, 9.17) is 37.9 Å². The number of aliphatic hydroxyl groups is 8. The number of aliphatic hydroxyl groups excluding tert-OH is 8. The maximum Gasteiger partial charge on any atom is 0.229 e. The highest BCUT2D eigenvalue weighted by Gasteiger charge is 2.49. The first-order valence-corrected chi connectivity index (χ1v) is 15.6. The second-order valence-electron chi connectivity index (χ2n) is 12.3. The first kappa shape index (κ1) is 35.0. The van der Waals surface area contributed by atoms with Gasteiger partial charge < -0.3 is 78.7 Å². The summed E-state index contributed by atoms with van der Waals surface area (Å²) in [5, 5.41) is 80.1. The van der Waals surface area contributed by atoms with Gasteiger partial charge in [0.05, 0.1) is 52.9 Å². The van der Waals surface area contributed by atoms with Crippen LogP contribution in [-0.2, 0) is 18.9 Å². The minimum absolute atomic E-state index is 0.0204. The predicted molar refractivity (Wildman–Crippen MR) is 159 cm³/mol. The molecule has 0 amide bonds. The summed E-state index contributed by atoms with van der Waals surface area (Å²) in [6, 6.07) is 10.3. The van der Waals surface area contributed by atoms with Gasteiger partial charge in [0.1, 0.15) is 48.8 Å². The molecule has 4 fully saturated rings. The molecule has 0 radical (unpaired) electrons. The third-order valence-electron chi connectivity index (χ3n) is 9.48. The molecule has 0 bridgehead atoms. The average Bonchev–Trinajstić information content (AvgIpc) is 3.72. The summed E-state index contributed by atoms with van der Waals surface area (Å²) in [5.41, 5.74) is 1.59. The number of hydrogen-bond acceptors (Lipinski definition) is 16. The van der Waals surface area contributed by atoms with Gasteiger partial charge >= 0.3 is 0 Å². The van der Waals surface area contributed by atoms with Gasteiger partial charge in [0.25, 0.3) is 0 Å². The highest BCUT2D eigenvalue weighted by molar-refractivity contribution is 5.46. The molecule has 4 saturated heterocycles. The van der Waals surface area contributed by atoms with Crippen molar-refractivity contribution in [2.45, 2.75) is 73.6 Å². The Morgan fingerprint density at radius 1 is 0.562 bits per heavy atom. The zero-order chi connectivity index (χ0) is 34.3. The van der Waals surface area contributed by atoms with Crippen molar-refractivity contribution in [3.8, 4) is 23.0 Å². The van der Waals surface area contributed by atoms with Crippen molar-refractivity contribution in [3.63, 3.8) is 0 Å². The molecule has 8 N–H and O–H groups in total. The van der Waals surface area contributed by atoms with Crippen molar-refractivity contribution < 1.29 is 78.7 Å². The Morgan fingerprint density at radius 2 is 0.958 bits per heavy atom. The van der Waals surface area contributed by atoms with E-state index < -0.39 is 74.6 Å². The van der Waals surface area contributed by atoms with Gasteiger partial charge in [0.15, 0.2) is 23.0 Å². The third-order valence-corrected chi connectivity index (χ3v) is 9.48. The van der Waals surface area contributed by atoms with E-state index in [9.17, 15) is 40.9 Å². The van der Waals surface area contributed by atoms with Crippen molar-refractivity contribution in [1.29, 1.82) is 0 Å². The zero-order valence-corrected chi connectivity index (χ0v) is 26.2. The molecule has 4 aliphatic rings. The van der Waals surface area contributed by atoms with Crippen LogP contribution >= 0.6 is 0 Å². The highest BCUT2D eigenvalue weighted by Crippen LogP contribution is 2.52. The van der Waals surface area contributed by atoms with Gasteiger partial charge in [0.2, 0.25) is 12.6 Å². The summed E-state index contributed by atoms with van der Waals surface area (Å²) in [5.74, 6) is 0.997. The molecule has 4 aliphatic heterocycles. The van der Waals surface area contributed by atoms with Gasteiger partial charge in [-0.15, -0.1) is 0 Å². The monoisotopic (exact) mass is 682 g/mol. The fourth-order valence-electron chi connectivity index (χ4n) is 6.73. The lowest BCUT2D eigenvalue weighted by Gasteiger charge is -2.39. The highest BCUT2D eigenvalue weighted by atomic mass is 16.7. The molecule has 4 heterocycles. The van der Waals surface area contributed by atoms with E-state index in [-0.39, 0.29) is 35.5 Å². The Balaban J connectivity index is 1.14. The maximum atomic E-state index is 10.4. The minimum Gasteiger partial charge on any atom is -0.493 e. The van der Waals surface area contributed by atoms with Crippen molar-refractivity contribution in [3.05, 3.63) is 47.5 Å². The average molecular weight is 683 g/mol. The SMILES string of the molecule is COc1cc([C@@H]2OC[C@@H]3[C@H]2CO[C@H]3c2ccc(O[C@@H]3O[C@H](CO)[C@H](O)[C@H](O)[C@H]3O)c(OC)c2)ccc1O[C@@H]1O[C@H](CO)[C@H](O)[C@H](O)[C@H]1O. The molecule has 6 rings (SSSR count). The van der Waals surface area contributed by atoms with Crippen LogP contribution in [0.5, 0.6) is 23.0 Å². The van der Waals surface area contributed by atoms with Gasteiger partial charge in [0, 0.05) is 11.8 Å². The number of hydrogen-bond donors (Lipinski definition) is 8. The van der Waals surface area contributed by atoms with Crippen LogP contribution in [0.1, 0.15) is 23.3 Å². The number of benzene rings is 2. The largest absolute Gasteiger partial charge is 0.493 e. The Labute approximate surface area is 275 Å². The Hall–Kier alpha value is -2.84. The van der Waals surface area contributed by atoms with Crippen LogP contribution in [0.25, 0.3) is 0 Å². The van der Waals surface area contributed by atoms with E-state index in [1.807, 2.05) is 0 Å². The summed E-state index contributed by atoms with van der Waals surface area (Å²) < 4.78 is 46.1.